The fourth-order valence-corrected chi connectivity index (χ4v) is 8.17. The number of rotatable bonds is 0. The largest absolute Gasteiger partial charge is 0.366 e. The third-order valence-corrected chi connectivity index (χ3v) is 9.56. The molecule has 134 valence electrons. The lowest BCUT2D eigenvalue weighted by Gasteiger charge is -2.57. The van der Waals surface area contributed by atoms with E-state index in [-0.39, 0.29) is 5.60 Å². The smallest absolute Gasteiger partial charge is 0.0923 e. The van der Waals surface area contributed by atoms with E-state index in [0.29, 0.717) is 10.8 Å². The van der Waals surface area contributed by atoms with E-state index in [1.807, 2.05) is 0 Å². The molecule has 0 aromatic carbocycles. The summed E-state index contributed by atoms with van der Waals surface area (Å²) in [6.45, 7) is 3.40. The van der Waals surface area contributed by atoms with Crippen molar-refractivity contribution < 1.29 is 4.74 Å². The Morgan fingerprint density at radius 2 is 1.96 bits per heavy atom. The van der Waals surface area contributed by atoms with Crippen LogP contribution in [0.4, 0.5) is 0 Å². The summed E-state index contributed by atoms with van der Waals surface area (Å²) in [5.41, 5.74) is 3.56. The Labute approximate surface area is 151 Å². The summed E-state index contributed by atoms with van der Waals surface area (Å²) in [5, 5.41) is 8.21. The van der Waals surface area contributed by atoms with E-state index >= 15 is 0 Å². The van der Waals surface area contributed by atoms with Crippen LogP contribution in [0.3, 0.4) is 0 Å². The van der Waals surface area contributed by atoms with Gasteiger partial charge in [-0.3, -0.25) is 0 Å². The molecule has 0 aromatic rings. The van der Waals surface area contributed by atoms with E-state index in [4.69, 9.17) is 10.1 Å². The van der Waals surface area contributed by atoms with Crippen LogP contribution in [0.5, 0.6) is 0 Å². The highest BCUT2D eigenvalue weighted by atomic mass is 16.5. The fourth-order valence-electron chi connectivity index (χ4n) is 8.17. The van der Waals surface area contributed by atoms with E-state index in [1.54, 1.807) is 5.57 Å². The van der Waals surface area contributed by atoms with Crippen LogP contribution in [-0.4, -0.2) is 17.9 Å². The monoisotopic (exact) mass is 337 g/mol. The summed E-state index contributed by atoms with van der Waals surface area (Å²) in [6, 6.07) is 0. The van der Waals surface area contributed by atoms with Crippen LogP contribution >= 0.6 is 0 Å². The zero-order valence-electron chi connectivity index (χ0n) is 15.5. The predicted molar refractivity (Wildman–Crippen MR) is 99.7 cm³/mol. The molecule has 25 heavy (non-hydrogen) atoms. The van der Waals surface area contributed by atoms with Crippen LogP contribution in [0.2, 0.25) is 0 Å². The van der Waals surface area contributed by atoms with Crippen molar-refractivity contribution in [1.29, 1.82) is 5.41 Å². The summed E-state index contributed by atoms with van der Waals surface area (Å²) in [6.07, 6.45) is 18.9. The molecular weight excluding hydrogens is 306 g/mol. The second-order valence-electron chi connectivity index (χ2n) is 10.3. The van der Waals surface area contributed by atoms with Crippen LogP contribution in [0.15, 0.2) is 23.8 Å². The first kappa shape index (κ1) is 15.2. The SMILES string of the molecule is C[C@]12CCC3C(CC4(CC4)C4=CC(=N)CC[C@@H]43)C1CC[C@@]21C=CCO1. The summed E-state index contributed by atoms with van der Waals surface area (Å²) in [5.74, 6) is 3.46. The maximum absolute atomic E-state index is 8.21. The average molecular weight is 338 g/mol. The minimum Gasteiger partial charge on any atom is -0.366 e. The van der Waals surface area contributed by atoms with Crippen molar-refractivity contribution in [3.63, 3.8) is 0 Å². The van der Waals surface area contributed by atoms with Gasteiger partial charge in [-0.1, -0.05) is 24.6 Å². The third kappa shape index (κ3) is 1.78. The van der Waals surface area contributed by atoms with E-state index in [2.05, 4.69) is 25.2 Å². The Morgan fingerprint density at radius 1 is 1.08 bits per heavy atom. The van der Waals surface area contributed by atoms with Gasteiger partial charge in [-0.05, 0) is 93.0 Å². The molecule has 1 aliphatic heterocycles. The first-order valence-corrected chi connectivity index (χ1v) is 10.7. The van der Waals surface area contributed by atoms with Gasteiger partial charge < -0.3 is 10.1 Å². The van der Waals surface area contributed by atoms with E-state index in [9.17, 15) is 0 Å². The van der Waals surface area contributed by atoms with Gasteiger partial charge in [0.25, 0.3) is 0 Å². The fraction of sp³-hybridized carbons (Fsp3) is 0.783. The van der Waals surface area contributed by atoms with Gasteiger partial charge in [0, 0.05) is 11.1 Å². The van der Waals surface area contributed by atoms with Crippen LogP contribution in [0.25, 0.3) is 0 Å². The molecule has 2 nitrogen and oxygen atoms in total. The van der Waals surface area contributed by atoms with Gasteiger partial charge in [0.15, 0.2) is 0 Å². The summed E-state index contributed by atoms with van der Waals surface area (Å²) >= 11 is 0. The highest BCUT2D eigenvalue weighted by molar-refractivity contribution is 5.94. The number of nitrogens with one attached hydrogen (secondary N) is 1. The third-order valence-electron chi connectivity index (χ3n) is 9.56. The Morgan fingerprint density at radius 3 is 2.72 bits per heavy atom. The van der Waals surface area contributed by atoms with Gasteiger partial charge in [0.1, 0.15) is 0 Å². The molecule has 2 heteroatoms. The van der Waals surface area contributed by atoms with E-state index in [0.717, 1.165) is 42.4 Å². The molecule has 0 bridgehead atoms. The van der Waals surface area contributed by atoms with Crippen LogP contribution in [0.1, 0.15) is 64.7 Å². The van der Waals surface area contributed by atoms with Crippen LogP contribution < -0.4 is 0 Å². The van der Waals surface area contributed by atoms with Crippen LogP contribution in [0, 0.1) is 39.9 Å². The van der Waals surface area contributed by atoms with Crippen molar-refractivity contribution in [3.8, 4) is 0 Å². The molecule has 0 radical (unpaired) electrons. The van der Waals surface area contributed by atoms with Crippen molar-refractivity contribution in [2.45, 2.75) is 70.3 Å². The molecule has 4 saturated carbocycles. The van der Waals surface area contributed by atoms with Crippen molar-refractivity contribution in [3.05, 3.63) is 23.8 Å². The maximum Gasteiger partial charge on any atom is 0.0923 e. The Bertz CT molecular complexity index is 701. The molecule has 0 saturated heterocycles. The van der Waals surface area contributed by atoms with Gasteiger partial charge in [0.05, 0.1) is 12.2 Å². The quantitative estimate of drug-likeness (QED) is 0.598. The highest BCUT2D eigenvalue weighted by Gasteiger charge is 2.66. The van der Waals surface area contributed by atoms with Gasteiger partial charge in [-0.15, -0.1) is 0 Å². The molecule has 6 atom stereocenters. The molecule has 5 aliphatic carbocycles. The second kappa shape index (κ2) is 4.68. The number of allylic oxidation sites excluding steroid dienone is 2. The molecule has 6 aliphatic rings. The Kier molecular flexibility index (Phi) is 2.85. The lowest BCUT2D eigenvalue weighted by molar-refractivity contribution is -0.114. The minimum absolute atomic E-state index is 0.0597. The summed E-state index contributed by atoms with van der Waals surface area (Å²) < 4.78 is 6.39. The van der Waals surface area contributed by atoms with Crippen molar-refractivity contribution in [1.82, 2.24) is 0 Å². The van der Waals surface area contributed by atoms with Gasteiger partial charge in [-0.25, -0.2) is 0 Å². The molecule has 0 aromatic heterocycles. The van der Waals surface area contributed by atoms with Crippen LogP contribution in [-0.2, 0) is 4.74 Å². The molecular formula is C23H31NO. The van der Waals surface area contributed by atoms with Crippen molar-refractivity contribution in [2.24, 2.45) is 34.5 Å². The number of hydrogen-bond donors (Lipinski definition) is 1. The summed E-state index contributed by atoms with van der Waals surface area (Å²) in [7, 11) is 0. The number of hydrogen-bond acceptors (Lipinski definition) is 2. The Balaban J connectivity index is 1.39. The number of fused-ring (bicyclic) bond motifs is 7. The van der Waals surface area contributed by atoms with Crippen molar-refractivity contribution in [2.75, 3.05) is 6.61 Å². The molecule has 6 rings (SSSR count). The lowest BCUT2D eigenvalue weighted by Crippen LogP contribution is -2.53. The standard InChI is InChI=1S/C23H31NO/c1-21-8-5-16-17-4-3-15(24)13-20(17)22(10-11-22)14-18(16)19(21)6-9-23(21)7-2-12-25-23/h2,7,13,16-19,24H,3-6,8-12,14H2,1H3/t16?,17-,18?,19?,21+,23+/m1/s1. The average Bonchev–Trinajstić information content (AvgIpc) is 3.09. The minimum atomic E-state index is 0.0597. The molecule has 0 amide bonds. The predicted octanol–water partition coefficient (Wildman–Crippen LogP) is 5.29. The van der Waals surface area contributed by atoms with E-state index in [1.165, 1.54) is 51.4 Å². The first-order chi connectivity index (χ1) is 12.1. The second-order valence-corrected chi connectivity index (χ2v) is 10.3. The Hall–Kier alpha value is -0.890. The first-order valence-electron chi connectivity index (χ1n) is 10.7. The van der Waals surface area contributed by atoms with Gasteiger partial charge in [-0.2, -0.15) is 0 Å². The maximum atomic E-state index is 8.21. The molecule has 4 fully saturated rings. The van der Waals surface area contributed by atoms with Crippen molar-refractivity contribution >= 4 is 5.71 Å². The normalized spacial score (nSPS) is 52.0. The lowest BCUT2D eigenvalue weighted by atomic mass is 9.48. The number of ether oxygens (including phenoxy) is 1. The molecule has 1 N–H and O–H groups in total. The zero-order valence-corrected chi connectivity index (χ0v) is 15.5. The van der Waals surface area contributed by atoms with E-state index < -0.39 is 0 Å². The molecule has 3 unspecified atom stereocenters. The highest BCUT2D eigenvalue weighted by Crippen LogP contribution is 2.72. The molecule has 1 heterocycles. The molecule has 2 spiro atoms. The summed E-state index contributed by atoms with van der Waals surface area (Å²) in [4.78, 5) is 0. The van der Waals surface area contributed by atoms with Gasteiger partial charge in [0.2, 0.25) is 0 Å². The zero-order chi connectivity index (χ0) is 16.9. The van der Waals surface area contributed by atoms with Gasteiger partial charge >= 0.3 is 0 Å². The topological polar surface area (TPSA) is 33.1 Å².